The summed E-state index contributed by atoms with van der Waals surface area (Å²) in [6.45, 7) is 6.10. The van der Waals surface area contributed by atoms with Crippen LogP contribution >= 0.6 is 0 Å². The molecular formula is C10H23N3O2S. The summed E-state index contributed by atoms with van der Waals surface area (Å²) < 4.78 is 27.5. The molecule has 16 heavy (non-hydrogen) atoms. The van der Waals surface area contributed by atoms with Crippen molar-refractivity contribution in [3.05, 3.63) is 0 Å². The highest BCUT2D eigenvalue weighted by Crippen LogP contribution is 2.16. The van der Waals surface area contributed by atoms with E-state index in [1.165, 1.54) is 4.31 Å². The third-order valence-corrected chi connectivity index (χ3v) is 5.41. The van der Waals surface area contributed by atoms with Crippen LogP contribution in [0.4, 0.5) is 0 Å². The average Bonchev–Trinajstić information content (AvgIpc) is 2.30. The van der Waals surface area contributed by atoms with Crippen LogP contribution in [0.25, 0.3) is 0 Å². The van der Waals surface area contributed by atoms with Crippen molar-refractivity contribution in [3.8, 4) is 0 Å². The van der Waals surface area contributed by atoms with Gasteiger partial charge >= 0.3 is 0 Å². The van der Waals surface area contributed by atoms with Crippen molar-refractivity contribution < 1.29 is 8.42 Å². The molecule has 1 aliphatic rings. The highest BCUT2D eigenvalue weighted by Gasteiger charge is 2.30. The van der Waals surface area contributed by atoms with Crippen molar-refractivity contribution in [1.82, 2.24) is 13.9 Å². The van der Waals surface area contributed by atoms with E-state index in [1.807, 2.05) is 20.9 Å². The van der Waals surface area contributed by atoms with Gasteiger partial charge in [-0.05, 0) is 19.9 Å². The van der Waals surface area contributed by atoms with Crippen LogP contribution in [-0.2, 0) is 10.2 Å². The number of nitrogens with zero attached hydrogens (tertiary/aromatic N) is 2. The highest BCUT2D eigenvalue weighted by atomic mass is 32.2. The Morgan fingerprint density at radius 2 is 1.75 bits per heavy atom. The van der Waals surface area contributed by atoms with E-state index in [9.17, 15) is 8.42 Å². The van der Waals surface area contributed by atoms with Crippen molar-refractivity contribution >= 4 is 10.2 Å². The van der Waals surface area contributed by atoms with Crippen LogP contribution in [-0.4, -0.2) is 56.3 Å². The van der Waals surface area contributed by atoms with E-state index >= 15 is 0 Å². The van der Waals surface area contributed by atoms with Gasteiger partial charge in [0.15, 0.2) is 0 Å². The number of hydrogen-bond acceptors (Lipinski definition) is 3. The molecule has 0 aromatic heterocycles. The second kappa shape index (κ2) is 5.95. The van der Waals surface area contributed by atoms with Crippen LogP contribution < -0.4 is 5.32 Å². The zero-order chi connectivity index (χ0) is 12.2. The molecule has 1 rings (SSSR count). The Bertz CT molecular complexity index is 293. The van der Waals surface area contributed by atoms with Gasteiger partial charge in [-0.3, -0.25) is 0 Å². The molecule has 0 spiro atoms. The van der Waals surface area contributed by atoms with Gasteiger partial charge in [0.25, 0.3) is 10.2 Å². The molecule has 0 saturated carbocycles. The first-order valence-electron chi connectivity index (χ1n) is 5.98. The molecule has 1 saturated heterocycles. The number of nitrogens with one attached hydrogen (secondary N) is 1. The van der Waals surface area contributed by atoms with Crippen LogP contribution in [0.3, 0.4) is 0 Å². The van der Waals surface area contributed by atoms with Gasteiger partial charge in [0.05, 0.1) is 0 Å². The molecule has 0 atom stereocenters. The molecule has 0 aromatic carbocycles. The predicted molar refractivity (Wildman–Crippen MR) is 65.5 cm³/mol. The Labute approximate surface area is 99.0 Å². The summed E-state index contributed by atoms with van der Waals surface area (Å²) in [6, 6.07) is 0.461. The van der Waals surface area contributed by atoms with Crippen molar-refractivity contribution in [1.29, 1.82) is 0 Å². The molecule has 0 unspecified atom stereocenters. The minimum absolute atomic E-state index is 0.461. The van der Waals surface area contributed by atoms with E-state index in [-0.39, 0.29) is 0 Å². The molecule has 0 radical (unpaired) electrons. The molecule has 1 aliphatic heterocycles. The van der Waals surface area contributed by atoms with Gasteiger partial charge in [0.1, 0.15) is 0 Å². The van der Waals surface area contributed by atoms with Gasteiger partial charge < -0.3 is 5.32 Å². The molecule has 96 valence electrons. The lowest BCUT2D eigenvalue weighted by atomic mass is 10.1. The summed E-state index contributed by atoms with van der Waals surface area (Å²) in [6.07, 6.45) is 1.80. The normalized spacial score (nSPS) is 20.5. The molecule has 0 aliphatic carbocycles. The molecule has 1 heterocycles. The monoisotopic (exact) mass is 249 g/mol. The fraction of sp³-hybridized carbons (Fsp3) is 1.00. The maximum absolute atomic E-state index is 12.2. The Morgan fingerprint density at radius 3 is 2.12 bits per heavy atom. The second-order valence-corrected chi connectivity index (χ2v) is 5.98. The first-order chi connectivity index (χ1) is 7.56. The van der Waals surface area contributed by atoms with Gasteiger partial charge in [-0.15, -0.1) is 0 Å². The standard InChI is InChI=1S/C10H23N3O2S/c1-4-12(5-2)16(14,15)13-8-6-10(11-3)7-9-13/h10-11H,4-9H2,1-3H3. The third-order valence-electron chi connectivity index (χ3n) is 3.22. The van der Waals surface area contributed by atoms with Crippen molar-refractivity contribution in [2.45, 2.75) is 32.7 Å². The maximum Gasteiger partial charge on any atom is 0.281 e. The molecule has 0 aromatic rings. The van der Waals surface area contributed by atoms with Gasteiger partial charge in [-0.2, -0.15) is 17.0 Å². The summed E-state index contributed by atoms with van der Waals surface area (Å²) in [5.74, 6) is 0. The summed E-state index contributed by atoms with van der Waals surface area (Å²) in [5, 5.41) is 3.20. The van der Waals surface area contributed by atoms with Crippen molar-refractivity contribution in [2.24, 2.45) is 0 Å². The lowest BCUT2D eigenvalue weighted by molar-refractivity contribution is 0.276. The third kappa shape index (κ3) is 2.94. The summed E-state index contributed by atoms with van der Waals surface area (Å²) >= 11 is 0. The molecule has 1 N–H and O–H groups in total. The maximum atomic E-state index is 12.2. The van der Waals surface area contributed by atoms with Crippen LogP contribution in [0, 0.1) is 0 Å². The van der Waals surface area contributed by atoms with E-state index in [1.54, 1.807) is 4.31 Å². The average molecular weight is 249 g/mol. The second-order valence-electron chi connectivity index (χ2n) is 4.05. The molecule has 5 nitrogen and oxygen atoms in total. The van der Waals surface area contributed by atoms with Crippen LogP contribution in [0.2, 0.25) is 0 Å². The molecule has 6 heteroatoms. The largest absolute Gasteiger partial charge is 0.317 e. The lowest BCUT2D eigenvalue weighted by Crippen LogP contribution is -2.49. The lowest BCUT2D eigenvalue weighted by Gasteiger charge is -2.34. The van der Waals surface area contributed by atoms with E-state index in [2.05, 4.69) is 5.32 Å². The van der Waals surface area contributed by atoms with E-state index < -0.39 is 10.2 Å². The minimum Gasteiger partial charge on any atom is -0.317 e. The zero-order valence-corrected chi connectivity index (χ0v) is 11.3. The van der Waals surface area contributed by atoms with Crippen LogP contribution in [0.5, 0.6) is 0 Å². The summed E-state index contributed by atoms with van der Waals surface area (Å²) in [7, 11) is -1.29. The molecule has 0 bridgehead atoms. The van der Waals surface area contributed by atoms with Crippen molar-refractivity contribution in [2.75, 3.05) is 33.2 Å². The predicted octanol–water partition coefficient (Wildman–Crippen LogP) is 0.257. The quantitative estimate of drug-likeness (QED) is 0.760. The Hall–Kier alpha value is -0.170. The van der Waals surface area contributed by atoms with Gasteiger partial charge in [0.2, 0.25) is 0 Å². The SMILES string of the molecule is CCN(CC)S(=O)(=O)N1CCC(NC)CC1. The highest BCUT2D eigenvalue weighted by molar-refractivity contribution is 7.86. The van der Waals surface area contributed by atoms with E-state index in [4.69, 9.17) is 0 Å². The fourth-order valence-electron chi connectivity index (χ4n) is 2.09. The molecular weight excluding hydrogens is 226 g/mol. The van der Waals surface area contributed by atoms with Gasteiger partial charge in [-0.1, -0.05) is 13.8 Å². The Morgan fingerprint density at radius 1 is 1.25 bits per heavy atom. The topological polar surface area (TPSA) is 52.7 Å². The van der Waals surface area contributed by atoms with E-state index in [0.717, 1.165) is 12.8 Å². The van der Waals surface area contributed by atoms with Crippen molar-refractivity contribution in [3.63, 3.8) is 0 Å². The number of hydrogen-bond donors (Lipinski definition) is 1. The van der Waals surface area contributed by atoms with Gasteiger partial charge in [0, 0.05) is 32.2 Å². The smallest absolute Gasteiger partial charge is 0.281 e. The Kier molecular flexibility index (Phi) is 5.17. The van der Waals surface area contributed by atoms with Crippen LogP contribution in [0.1, 0.15) is 26.7 Å². The van der Waals surface area contributed by atoms with Crippen LogP contribution in [0.15, 0.2) is 0 Å². The van der Waals surface area contributed by atoms with Gasteiger partial charge in [-0.25, -0.2) is 0 Å². The number of piperidine rings is 1. The van der Waals surface area contributed by atoms with E-state index in [0.29, 0.717) is 32.2 Å². The molecule has 1 fully saturated rings. The first kappa shape index (κ1) is 13.9. The minimum atomic E-state index is -3.22. The Balaban J connectivity index is 2.64. The zero-order valence-electron chi connectivity index (χ0n) is 10.4. The number of rotatable bonds is 5. The summed E-state index contributed by atoms with van der Waals surface area (Å²) in [4.78, 5) is 0. The summed E-state index contributed by atoms with van der Waals surface area (Å²) in [5.41, 5.74) is 0. The molecule has 0 amide bonds. The first-order valence-corrected chi connectivity index (χ1v) is 7.38. The fourth-order valence-corrected chi connectivity index (χ4v) is 3.74.